The van der Waals surface area contributed by atoms with Crippen molar-refractivity contribution in [1.29, 1.82) is 0 Å². The van der Waals surface area contributed by atoms with Gasteiger partial charge in [0.25, 0.3) is 5.56 Å². The van der Waals surface area contributed by atoms with Crippen LogP contribution in [0.2, 0.25) is 0 Å². The predicted molar refractivity (Wildman–Crippen MR) is 121 cm³/mol. The van der Waals surface area contributed by atoms with Gasteiger partial charge in [-0.2, -0.15) is 5.10 Å². The van der Waals surface area contributed by atoms with Crippen LogP contribution in [0, 0.1) is 13.8 Å². The van der Waals surface area contributed by atoms with Crippen LogP contribution in [0.25, 0.3) is 11.3 Å². The number of aryl methyl sites for hydroxylation is 3. The summed E-state index contributed by atoms with van der Waals surface area (Å²) in [5.41, 5.74) is 4.21. The summed E-state index contributed by atoms with van der Waals surface area (Å²) < 4.78 is 12.0. The number of nitrogens with zero attached hydrogens (tertiary/aromatic N) is 2. The number of methoxy groups -OCH3 is 2. The second kappa shape index (κ2) is 9.93. The van der Waals surface area contributed by atoms with Crippen LogP contribution < -0.4 is 20.3 Å². The van der Waals surface area contributed by atoms with Crippen molar-refractivity contribution in [1.82, 2.24) is 9.78 Å². The smallest absolute Gasteiger partial charge is 0.266 e. The molecule has 0 unspecified atom stereocenters. The van der Waals surface area contributed by atoms with Crippen LogP contribution >= 0.6 is 0 Å². The van der Waals surface area contributed by atoms with E-state index in [1.165, 1.54) is 10.7 Å². The lowest BCUT2D eigenvalue weighted by atomic mass is 10.1. The minimum absolute atomic E-state index is 0.0888. The number of aromatic nitrogens is 2. The number of anilines is 1. The van der Waals surface area contributed by atoms with Crippen molar-refractivity contribution in [2.75, 3.05) is 19.5 Å². The van der Waals surface area contributed by atoms with Crippen molar-refractivity contribution in [3.05, 3.63) is 70.0 Å². The summed E-state index contributed by atoms with van der Waals surface area (Å²) in [6.45, 7) is 4.33. The van der Waals surface area contributed by atoms with E-state index in [9.17, 15) is 9.59 Å². The molecule has 0 aliphatic heterocycles. The van der Waals surface area contributed by atoms with E-state index in [0.29, 0.717) is 36.6 Å². The molecule has 162 valence electrons. The maximum absolute atomic E-state index is 12.3. The highest BCUT2D eigenvalue weighted by atomic mass is 16.5. The summed E-state index contributed by atoms with van der Waals surface area (Å²) in [6.07, 6.45) is 0.792. The average Bonchev–Trinajstić information content (AvgIpc) is 2.73. The van der Waals surface area contributed by atoms with Gasteiger partial charge in [-0.25, -0.2) is 4.68 Å². The zero-order valence-electron chi connectivity index (χ0n) is 18.3. The number of hydrogen-bond donors (Lipinski definition) is 1. The van der Waals surface area contributed by atoms with E-state index in [1.807, 2.05) is 38.1 Å². The van der Waals surface area contributed by atoms with Crippen LogP contribution in [0.4, 0.5) is 5.69 Å². The van der Waals surface area contributed by atoms with Gasteiger partial charge in [0.2, 0.25) is 5.91 Å². The van der Waals surface area contributed by atoms with Crippen LogP contribution in [0.1, 0.15) is 24.0 Å². The Morgan fingerprint density at radius 2 is 1.68 bits per heavy atom. The molecule has 0 bridgehead atoms. The molecule has 7 nitrogen and oxygen atoms in total. The molecule has 0 aliphatic carbocycles. The zero-order chi connectivity index (χ0) is 22.4. The lowest BCUT2D eigenvalue weighted by Crippen LogP contribution is -2.23. The third kappa shape index (κ3) is 5.72. The number of amides is 1. The van der Waals surface area contributed by atoms with Crippen molar-refractivity contribution in [3.63, 3.8) is 0 Å². The van der Waals surface area contributed by atoms with Crippen LogP contribution in [0.15, 0.2) is 53.3 Å². The van der Waals surface area contributed by atoms with E-state index in [1.54, 1.807) is 26.4 Å². The van der Waals surface area contributed by atoms with Gasteiger partial charge in [0.15, 0.2) is 11.5 Å². The van der Waals surface area contributed by atoms with E-state index in [-0.39, 0.29) is 11.5 Å². The number of ether oxygens (including phenoxy) is 2. The van der Waals surface area contributed by atoms with Gasteiger partial charge in [0, 0.05) is 30.3 Å². The normalized spacial score (nSPS) is 10.6. The molecule has 3 rings (SSSR count). The van der Waals surface area contributed by atoms with Gasteiger partial charge < -0.3 is 14.8 Å². The molecule has 0 aliphatic rings. The molecule has 1 heterocycles. The highest BCUT2D eigenvalue weighted by molar-refractivity contribution is 5.90. The summed E-state index contributed by atoms with van der Waals surface area (Å²) >= 11 is 0. The van der Waals surface area contributed by atoms with Gasteiger partial charge in [0.05, 0.1) is 19.9 Å². The second-order valence-electron chi connectivity index (χ2n) is 7.38. The van der Waals surface area contributed by atoms with Gasteiger partial charge in [0.1, 0.15) is 0 Å². The first-order valence-electron chi connectivity index (χ1n) is 10.1. The minimum Gasteiger partial charge on any atom is -0.493 e. The standard InChI is InChI=1S/C24H27N3O4/c1-16-12-17(2)14-19(13-16)25-23(28)6-5-11-27-24(29)10-8-20(26-27)18-7-9-21(30-3)22(15-18)31-4/h7-10,12-15H,5-6,11H2,1-4H3,(H,25,28). The van der Waals surface area contributed by atoms with E-state index < -0.39 is 0 Å². The fourth-order valence-electron chi connectivity index (χ4n) is 3.42. The van der Waals surface area contributed by atoms with Gasteiger partial charge in [-0.1, -0.05) is 6.07 Å². The zero-order valence-corrected chi connectivity index (χ0v) is 18.3. The molecule has 0 saturated heterocycles. The van der Waals surface area contributed by atoms with Crippen LogP contribution in [0.3, 0.4) is 0 Å². The molecule has 31 heavy (non-hydrogen) atoms. The van der Waals surface area contributed by atoms with E-state index in [0.717, 1.165) is 22.4 Å². The Morgan fingerprint density at radius 3 is 2.35 bits per heavy atom. The van der Waals surface area contributed by atoms with Crippen molar-refractivity contribution in [3.8, 4) is 22.8 Å². The Labute approximate surface area is 181 Å². The van der Waals surface area contributed by atoms with Gasteiger partial charge in [-0.15, -0.1) is 0 Å². The number of carbonyl (C=O) groups excluding carboxylic acids is 1. The first-order valence-corrected chi connectivity index (χ1v) is 10.1. The fourth-order valence-corrected chi connectivity index (χ4v) is 3.42. The Balaban J connectivity index is 1.66. The SMILES string of the molecule is COc1ccc(-c2ccc(=O)n(CCCC(=O)Nc3cc(C)cc(C)c3)n2)cc1OC. The monoisotopic (exact) mass is 421 g/mol. The van der Waals surface area contributed by atoms with Crippen molar-refractivity contribution >= 4 is 11.6 Å². The maximum Gasteiger partial charge on any atom is 0.266 e. The van der Waals surface area contributed by atoms with Crippen LogP contribution in [-0.2, 0) is 11.3 Å². The first-order chi connectivity index (χ1) is 14.9. The molecule has 0 radical (unpaired) electrons. The molecule has 1 aromatic heterocycles. The summed E-state index contributed by atoms with van der Waals surface area (Å²) in [4.78, 5) is 24.5. The molecule has 0 atom stereocenters. The van der Waals surface area contributed by atoms with Crippen molar-refractivity contribution in [2.24, 2.45) is 0 Å². The Morgan fingerprint density at radius 1 is 0.968 bits per heavy atom. The summed E-state index contributed by atoms with van der Waals surface area (Å²) in [7, 11) is 3.14. The molecule has 0 saturated carbocycles. The van der Waals surface area contributed by atoms with Crippen LogP contribution in [-0.4, -0.2) is 29.9 Å². The molecule has 1 N–H and O–H groups in total. The molecular weight excluding hydrogens is 394 g/mol. The average molecular weight is 421 g/mol. The molecule has 1 amide bonds. The Hall–Kier alpha value is -3.61. The number of rotatable bonds is 8. The third-order valence-corrected chi connectivity index (χ3v) is 4.83. The molecule has 2 aromatic carbocycles. The highest BCUT2D eigenvalue weighted by Crippen LogP contribution is 2.31. The minimum atomic E-state index is -0.209. The molecule has 0 fully saturated rings. The molecule has 3 aromatic rings. The number of benzene rings is 2. The predicted octanol–water partition coefficient (Wildman–Crippen LogP) is 3.96. The first kappa shape index (κ1) is 22.1. The molecule has 0 spiro atoms. The maximum atomic E-state index is 12.3. The quantitative estimate of drug-likeness (QED) is 0.595. The van der Waals surface area contributed by atoms with Crippen molar-refractivity contribution in [2.45, 2.75) is 33.2 Å². The van der Waals surface area contributed by atoms with E-state index >= 15 is 0 Å². The lowest BCUT2D eigenvalue weighted by Gasteiger charge is -2.11. The summed E-state index contributed by atoms with van der Waals surface area (Å²) in [5.74, 6) is 1.12. The van der Waals surface area contributed by atoms with Gasteiger partial charge in [-0.05, 0) is 67.8 Å². The van der Waals surface area contributed by atoms with E-state index in [4.69, 9.17) is 9.47 Å². The highest BCUT2D eigenvalue weighted by Gasteiger charge is 2.10. The lowest BCUT2D eigenvalue weighted by molar-refractivity contribution is -0.116. The van der Waals surface area contributed by atoms with Crippen molar-refractivity contribution < 1.29 is 14.3 Å². The topological polar surface area (TPSA) is 82.5 Å². The molecule has 7 heteroatoms. The third-order valence-electron chi connectivity index (χ3n) is 4.83. The Bertz CT molecular complexity index is 1120. The fraction of sp³-hybridized carbons (Fsp3) is 0.292. The summed E-state index contributed by atoms with van der Waals surface area (Å²) in [5, 5.41) is 7.37. The van der Waals surface area contributed by atoms with Gasteiger partial charge >= 0.3 is 0 Å². The molecular formula is C24H27N3O4. The largest absolute Gasteiger partial charge is 0.493 e. The number of hydrogen-bond acceptors (Lipinski definition) is 5. The number of nitrogens with one attached hydrogen (secondary N) is 1. The van der Waals surface area contributed by atoms with Gasteiger partial charge in [-0.3, -0.25) is 9.59 Å². The van der Waals surface area contributed by atoms with Crippen LogP contribution in [0.5, 0.6) is 11.5 Å². The second-order valence-corrected chi connectivity index (χ2v) is 7.38. The Kier molecular flexibility index (Phi) is 7.07. The summed E-state index contributed by atoms with van der Waals surface area (Å²) in [6, 6.07) is 14.5. The number of carbonyl (C=O) groups is 1. The van der Waals surface area contributed by atoms with E-state index in [2.05, 4.69) is 16.5 Å².